The molecule has 0 radical (unpaired) electrons. The lowest BCUT2D eigenvalue weighted by Gasteiger charge is -2.20. The van der Waals surface area contributed by atoms with Crippen molar-refractivity contribution >= 4 is 11.8 Å². The summed E-state index contributed by atoms with van der Waals surface area (Å²) in [4.78, 5) is 11.3. The summed E-state index contributed by atoms with van der Waals surface area (Å²) in [6.45, 7) is 4.47. The van der Waals surface area contributed by atoms with Crippen LogP contribution in [-0.2, 0) is 0 Å². The molecule has 92 valence electrons. The van der Waals surface area contributed by atoms with Crippen molar-refractivity contribution in [3.05, 3.63) is 11.8 Å². The van der Waals surface area contributed by atoms with E-state index in [0.29, 0.717) is 0 Å². The third kappa shape index (κ3) is 1.85. The zero-order chi connectivity index (χ0) is 11.8. The molecule has 0 spiro atoms. The molecule has 1 saturated heterocycles. The van der Waals surface area contributed by atoms with Crippen molar-refractivity contribution in [2.45, 2.75) is 26.2 Å². The van der Waals surface area contributed by atoms with E-state index in [4.69, 9.17) is 0 Å². The lowest BCUT2D eigenvalue weighted by molar-refractivity contribution is 0.494. The van der Waals surface area contributed by atoms with Gasteiger partial charge in [-0.2, -0.15) is 4.98 Å². The molecule has 2 fully saturated rings. The summed E-state index contributed by atoms with van der Waals surface area (Å²) < 4.78 is 0. The van der Waals surface area contributed by atoms with E-state index in [1.807, 2.05) is 13.2 Å². The number of anilines is 2. The monoisotopic (exact) mass is 232 g/mol. The maximum absolute atomic E-state index is 4.60. The van der Waals surface area contributed by atoms with Crippen LogP contribution in [0.15, 0.2) is 6.20 Å². The van der Waals surface area contributed by atoms with Crippen molar-refractivity contribution < 1.29 is 0 Å². The Balaban J connectivity index is 1.84. The Hall–Kier alpha value is -1.32. The minimum Gasteiger partial charge on any atom is -0.357 e. The lowest BCUT2D eigenvalue weighted by Crippen LogP contribution is -2.23. The smallest absolute Gasteiger partial charge is 0.224 e. The minimum atomic E-state index is 0.725. The number of aromatic nitrogens is 2. The normalized spacial score (nSPS) is 27.3. The fourth-order valence-electron chi connectivity index (χ4n) is 3.28. The average Bonchev–Trinajstić information content (AvgIpc) is 2.90. The molecule has 2 aliphatic rings. The molecule has 17 heavy (non-hydrogen) atoms. The molecule has 2 atom stereocenters. The van der Waals surface area contributed by atoms with Gasteiger partial charge in [-0.25, -0.2) is 4.98 Å². The van der Waals surface area contributed by atoms with Gasteiger partial charge in [0.1, 0.15) is 5.82 Å². The molecular formula is C13H20N4. The molecule has 1 aromatic heterocycles. The Bertz CT molecular complexity index is 406. The average molecular weight is 232 g/mol. The summed E-state index contributed by atoms with van der Waals surface area (Å²) in [7, 11) is 1.87. The van der Waals surface area contributed by atoms with Gasteiger partial charge in [0.05, 0.1) is 0 Å². The van der Waals surface area contributed by atoms with Crippen LogP contribution in [0.4, 0.5) is 11.8 Å². The van der Waals surface area contributed by atoms with Gasteiger partial charge in [-0.15, -0.1) is 0 Å². The van der Waals surface area contributed by atoms with Gasteiger partial charge in [0.2, 0.25) is 5.95 Å². The Labute approximate surface area is 102 Å². The molecule has 1 saturated carbocycles. The number of hydrogen-bond acceptors (Lipinski definition) is 4. The van der Waals surface area contributed by atoms with E-state index in [2.05, 4.69) is 27.1 Å². The molecule has 3 rings (SSSR count). The van der Waals surface area contributed by atoms with Crippen LogP contribution in [-0.4, -0.2) is 30.1 Å². The predicted octanol–water partition coefficient (Wildman–Crippen LogP) is 2.06. The minimum absolute atomic E-state index is 0.725. The van der Waals surface area contributed by atoms with Gasteiger partial charge in [0, 0.05) is 31.9 Å². The lowest BCUT2D eigenvalue weighted by atomic mass is 10.0. The van der Waals surface area contributed by atoms with Crippen LogP contribution in [0, 0.1) is 18.8 Å². The highest BCUT2D eigenvalue weighted by Gasteiger charge is 2.36. The summed E-state index contributed by atoms with van der Waals surface area (Å²) in [5.74, 6) is 3.66. The Morgan fingerprint density at radius 3 is 2.65 bits per heavy atom. The van der Waals surface area contributed by atoms with Crippen LogP contribution in [0.1, 0.15) is 24.8 Å². The largest absolute Gasteiger partial charge is 0.357 e. The molecule has 0 amide bonds. The van der Waals surface area contributed by atoms with E-state index in [1.165, 1.54) is 37.9 Å². The number of nitrogens with one attached hydrogen (secondary N) is 1. The fraction of sp³-hybridized carbons (Fsp3) is 0.692. The molecular weight excluding hydrogens is 212 g/mol. The predicted molar refractivity (Wildman–Crippen MR) is 69.4 cm³/mol. The highest BCUT2D eigenvalue weighted by atomic mass is 15.2. The number of aryl methyl sites for hydroxylation is 1. The summed E-state index contributed by atoms with van der Waals surface area (Å²) >= 11 is 0. The van der Waals surface area contributed by atoms with Gasteiger partial charge < -0.3 is 10.2 Å². The first-order valence-electron chi connectivity index (χ1n) is 6.54. The van der Waals surface area contributed by atoms with Gasteiger partial charge >= 0.3 is 0 Å². The van der Waals surface area contributed by atoms with Crippen LogP contribution >= 0.6 is 0 Å². The summed E-state index contributed by atoms with van der Waals surface area (Å²) in [6.07, 6.45) is 6.16. The fourth-order valence-corrected chi connectivity index (χ4v) is 3.28. The van der Waals surface area contributed by atoms with E-state index in [0.717, 1.165) is 23.6 Å². The van der Waals surface area contributed by atoms with Crippen molar-refractivity contribution in [3.63, 3.8) is 0 Å². The molecule has 0 bridgehead atoms. The SMILES string of the molecule is CNc1ncc(C)c(N2CC3CCCC3C2)n1. The van der Waals surface area contributed by atoms with Crippen LogP contribution < -0.4 is 10.2 Å². The maximum Gasteiger partial charge on any atom is 0.224 e. The first-order valence-corrected chi connectivity index (χ1v) is 6.54. The van der Waals surface area contributed by atoms with Gasteiger partial charge in [0.25, 0.3) is 0 Å². The van der Waals surface area contributed by atoms with Crippen LogP contribution in [0.25, 0.3) is 0 Å². The second-order valence-corrected chi connectivity index (χ2v) is 5.31. The zero-order valence-electron chi connectivity index (χ0n) is 10.6. The second kappa shape index (κ2) is 4.17. The molecule has 1 N–H and O–H groups in total. The standard InChI is InChI=1S/C13H20N4/c1-9-6-15-13(14-2)16-12(9)17-7-10-4-3-5-11(10)8-17/h6,10-11H,3-5,7-8H2,1-2H3,(H,14,15,16). The summed E-state index contributed by atoms with van der Waals surface area (Å²) in [6, 6.07) is 0. The molecule has 2 unspecified atom stereocenters. The van der Waals surface area contributed by atoms with Crippen molar-refractivity contribution in [2.75, 3.05) is 30.4 Å². The van der Waals surface area contributed by atoms with Crippen LogP contribution in [0.3, 0.4) is 0 Å². The quantitative estimate of drug-likeness (QED) is 0.847. The van der Waals surface area contributed by atoms with E-state index < -0.39 is 0 Å². The number of rotatable bonds is 2. The van der Waals surface area contributed by atoms with Crippen molar-refractivity contribution in [1.82, 2.24) is 9.97 Å². The summed E-state index contributed by atoms with van der Waals surface area (Å²) in [5, 5.41) is 3.02. The second-order valence-electron chi connectivity index (χ2n) is 5.31. The van der Waals surface area contributed by atoms with Crippen molar-refractivity contribution in [3.8, 4) is 0 Å². The third-order valence-corrected chi connectivity index (χ3v) is 4.19. The van der Waals surface area contributed by atoms with E-state index in [1.54, 1.807) is 0 Å². The number of hydrogen-bond donors (Lipinski definition) is 1. The molecule has 0 aromatic carbocycles. The Morgan fingerprint density at radius 1 is 1.29 bits per heavy atom. The molecule has 4 heteroatoms. The number of nitrogens with zero attached hydrogens (tertiary/aromatic N) is 3. The third-order valence-electron chi connectivity index (χ3n) is 4.19. The van der Waals surface area contributed by atoms with E-state index in [-0.39, 0.29) is 0 Å². The zero-order valence-corrected chi connectivity index (χ0v) is 10.6. The van der Waals surface area contributed by atoms with Gasteiger partial charge in [-0.05, 0) is 31.6 Å². The van der Waals surface area contributed by atoms with Crippen LogP contribution in [0.5, 0.6) is 0 Å². The summed E-state index contributed by atoms with van der Waals surface area (Å²) in [5.41, 5.74) is 1.18. The number of fused-ring (bicyclic) bond motifs is 1. The molecule has 1 aliphatic carbocycles. The molecule has 2 heterocycles. The van der Waals surface area contributed by atoms with Gasteiger partial charge in [-0.1, -0.05) is 6.42 Å². The molecule has 1 aromatic rings. The maximum atomic E-state index is 4.60. The van der Waals surface area contributed by atoms with Gasteiger partial charge in [0.15, 0.2) is 0 Å². The first kappa shape index (κ1) is 10.8. The Kier molecular flexibility index (Phi) is 2.65. The first-order chi connectivity index (χ1) is 8.28. The van der Waals surface area contributed by atoms with E-state index in [9.17, 15) is 0 Å². The molecule has 4 nitrogen and oxygen atoms in total. The van der Waals surface area contributed by atoms with Crippen molar-refractivity contribution in [1.29, 1.82) is 0 Å². The molecule has 1 aliphatic heterocycles. The topological polar surface area (TPSA) is 41.1 Å². The highest BCUT2D eigenvalue weighted by molar-refractivity contribution is 5.50. The highest BCUT2D eigenvalue weighted by Crippen LogP contribution is 2.39. The van der Waals surface area contributed by atoms with Crippen molar-refractivity contribution in [2.24, 2.45) is 11.8 Å². The van der Waals surface area contributed by atoms with Crippen LogP contribution in [0.2, 0.25) is 0 Å². The Morgan fingerprint density at radius 2 is 2.00 bits per heavy atom. The van der Waals surface area contributed by atoms with Gasteiger partial charge in [-0.3, -0.25) is 0 Å². The van der Waals surface area contributed by atoms with E-state index >= 15 is 0 Å².